The van der Waals surface area contributed by atoms with Gasteiger partial charge in [-0.3, -0.25) is 19.6 Å². The third-order valence-corrected chi connectivity index (χ3v) is 10.1. The van der Waals surface area contributed by atoms with E-state index in [1.54, 1.807) is 107 Å². The Labute approximate surface area is 401 Å². The summed E-state index contributed by atoms with van der Waals surface area (Å²) in [6.45, 7) is 0. The molecule has 0 aliphatic rings. The molecule has 18 heteroatoms. The molecule has 4 aromatic carbocycles. The second-order valence-corrected chi connectivity index (χ2v) is 15.2. The third-order valence-electron chi connectivity index (χ3n) is 9.41. The number of fused-ring (bicyclic) bond motifs is 2. The van der Waals surface area contributed by atoms with Gasteiger partial charge < -0.3 is 44.8 Å². The first kappa shape index (κ1) is 48.9. The number of ether oxygens (including phenoxy) is 6. The number of pyridine rings is 4. The smallest absolute Gasteiger partial charge is 0.230 e. The number of hydrogen-bond donors (Lipinski definition) is 3. The van der Waals surface area contributed by atoms with E-state index in [1.807, 2.05) is 72.8 Å². The largest absolute Gasteiger partial charge is 0.493 e. The second-order valence-electron chi connectivity index (χ2n) is 14.0. The number of nitrogens with zero attached hydrogens (tertiary/aromatic N) is 5. The number of carbonyl (C=O) groups is 2. The SMILES string of the molecule is COc1cc2nccc(Oc3ccc(N)cn3)c2cc1OC.COc1cc2nccc(Oc3ccc(NC(=S)NC(=O)Cc4ccccc4)cn3)c2cc1OC.N#CSC(=O)Cc1ccccc1. The number of nitrogen functional groups attached to an aromatic ring is 1. The maximum Gasteiger partial charge on any atom is 0.230 e. The van der Waals surface area contributed by atoms with Crippen LogP contribution >= 0.6 is 24.0 Å². The molecule has 4 aromatic heterocycles. The molecule has 8 rings (SSSR count). The first-order valence-electron chi connectivity index (χ1n) is 20.4. The van der Waals surface area contributed by atoms with E-state index in [2.05, 4.69) is 30.6 Å². The number of nitriles is 1. The Balaban J connectivity index is 0.000000190. The number of hydrogen-bond acceptors (Lipinski definition) is 16. The van der Waals surface area contributed by atoms with Crippen molar-refractivity contribution in [2.45, 2.75) is 12.8 Å². The first-order valence-corrected chi connectivity index (χ1v) is 21.6. The first-order chi connectivity index (χ1) is 33.1. The lowest BCUT2D eigenvalue weighted by atomic mass is 10.1. The molecule has 0 atom stereocenters. The average molecular weight is 949 g/mol. The molecule has 8 aromatic rings. The molecule has 4 N–H and O–H groups in total. The fraction of sp³-hybridized carbons (Fsp3) is 0.120. The third kappa shape index (κ3) is 14.0. The number of nitrogens with two attached hydrogens (primary N) is 1. The van der Waals surface area contributed by atoms with Crippen LogP contribution in [0.1, 0.15) is 11.1 Å². The van der Waals surface area contributed by atoms with Gasteiger partial charge in [0, 0.05) is 65.6 Å². The molecule has 0 aliphatic heterocycles. The zero-order chi connectivity index (χ0) is 48.3. The summed E-state index contributed by atoms with van der Waals surface area (Å²) < 4.78 is 33.1. The Kier molecular flexibility index (Phi) is 17.7. The minimum absolute atomic E-state index is 0.108. The van der Waals surface area contributed by atoms with Crippen LogP contribution in [0.4, 0.5) is 11.4 Å². The van der Waals surface area contributed by atoms with Crippen molar-refractivity contribution in [3.05, 3.63) is 157 Å². The van der Waals surface area contributed by atoms with Crippen LogP contribution in [-0.4, -0.2) is 64.5 Å². The minimum atomic E-state index is -0.201. The number of rotatable bonds is 13. The molecule has 344 valence electrons. The minimum Gasteiger partial charge on any atom is -0.493 e. The fourth-order valence-electron chi connectivity index (χ4n) is 6.23. The summed E-state index contributed by atoms with van der Waals surface area (Å²) in [5.74, 6) is 4.22. The maximum atomic E-state index is 12.2. The van der Waals surface area contributed by atoms with E-state index in [1.165, 1.54) is 0 Å². The predicted octanol–water partition coefficient (Wildman–Crippen LogP) is 9.49. The Morgan fingerprint density at radius 3 is 1.56 bits per heavy atom. The van der Waals surface area contributed by atoms with Crippen LogP contribution in [0.2, 0.25) is 0 Å². The van der Waals surface area contributed by atoms with Gasteiger partial charge in [-0.05, 0) is 59.7 Å². The highest BCUT2D eigenvalue weighted by Gasteiger charge is 2.14. The van der Waals surface area contributed by atoms with Crippen molar-refractivity contribution in [2.75, 3.05) is 39.5 Å². The number of aromatic nitrogens is 4. The molecule has 0 unspecified atom stereocenters. The van der Waals surface area contributed by atoms with Crippen molar-refractivity contribution in [1.82, 2.24) is 25.3 Å². The van der Waals surface area contributed by atoms with Crippen molar-refractivity contribution in [3.8, 4) is 51.7 Å². The number of thioether (sulfide) groups is 1. The Morgan fingerprint density at radius 2 is 1.10 bits per heavy atom. The quantitative estimate of drug-likeness (QED) is 0.0724. The topological polar surface area (TPSA) is 215 Å². The predicted molar refractivity (Wildman–Crippen MR) is 266 cm³/mol. The second kappa shape index (κ2) is 24.7. The van der Waals surface area contributed by atoms with Crippen molar-refractivity contribution in [1.29, 1.82) is 5.26 Å². The molecular formula is C50H44N8O8S2. The molecule has 0 aliphatic carbocycles. The zero-order valence-electron chi connectivity index (χ0n) is 37.2. The number of carbonyl (C=O) groups excluding carboxylic acids is 2. The zero-order valence-corrected chi connectivity index (χ0v) is 38.8. The summed E-state index contributed by atoms with van der Waals surface area (Å²) in [6.07, 6.45) is 7.00. The molecule has 0 spiro atoms. The van der Waals surface area contributed by atoms with Gasteiger partial charge in [-0.25, -0.2) is 9.97 Å². The lowest BCUT2D eigenvalue weighted by Gasteiger charge is -2.12. The standard InChI is InChI=1S/C25H22N4O4S.C16H15N3O3.C9H7NOS/c1-31-21-13-18-19(14-22(21)32-2)26-11-10-20(18)33-24-9-8-17(15-27-24)28-25(34)29-23(30)12-16-6-4-3-5-7-16;1-20-14-7-11-12(8-15(14)21-2)18-6-5-13(11)22-16-4-3-10(17)9-19-16;10-7-12-9(11)6-8-4-2-1-3-5-8/h3-11,13-15H,12H2,1-2H3,(H2,28,29,30,34);3-9H,17H2,1-2H3;1-5H,6H2. The van der Waals surface area contributed by atoms with Gasteiger partial charge in [-0.1, -0.05) is 60.7 Å². The van der Waals surface area contributed by atoms with Crippen molar-refractivity contribution >= 4 is 73.3 Å². The lowest BCUT2D eigenvalue weighted by molar-refractivity contribution is -0.119. The number of nitrogens with one attached hydrogen (secondary N) is 2. The Bertz CT molecular complexity index is 3020. The molecule has 0 saturated carbocycles. The average Bonchev–Trinajstić information content (AvgIpc) is 3.35. The summed E-state index contributed by atoms with van der Waals surface area (Å²) in [6, 6.07) is 36.5. The lowest BCUT2D eigenvalue weighted by Crippen LogP contribution is -2.35. The van der Waals surface area contributed by atoms with E-state index in [4.69, 9.17) is 51.6 Å². The van der Waals surface area contributed by atoms with Crippen LogP contribution in [0.15, 0.2) is 146 Å². The fourth-order valence-corrected chi connectivity index (χ4v) is 6.80. The van der Waals surface area contributed by atoms with Crippen LogP contribution in [0.25, 0.3) is 21.8 Å². The molecule has 16 nitrogen and oxygen atoms in total. The Hall–Kier alpha value is -8.53. The summed E-state index contributed by atoms with van der Waals surface area (Å²) in [5, 5.41) is 17.2. The van der Waals surface area contributed by atoms with Gasteiger partial charge in [0.2, 0.25) is 22.8 Å². The normalized spacial score (nSPS) is 10.2. The maximum absolute atomic E-state index is 12.2. The number of anilines is 2. The highest BCUT2D eigenvalue weighted by atomic mass is 32.2. The summed E-state index contributed by atoms with van der Waals surface area (Å²) in [7, 11) is 6.32. The number of thiocarbonyl (C=S) groups is 1. The van der Waals surface area contributed by atoms with Crippen LogP contribution in [0.5, 0.6) is 46.3 Å². The van der Waals surface area contributed by atoms with Gasteiger partial charge in [-0.15, -0.1) is 0 Å². The van der Waals surface area contributed by atoms with Crippen molar-refractivity contribution in [2.24, 2.45) is 0 Å². The molecule has 68 heavy (non-hydrogen) atoms. The van der Waals surface area contributed by atoms with E-state index < -0.39 is 0 Å². The molecule has 0 fully saturated rings. The van der Waals surface area contributed by atoms with E-state index in [9.17, 15) is 9.59 Å². The molecule has 4 heterocycles. The van der Waals surface area contributed by atoms with Gasteiger partial charge in [0.15, 0.2) is 28.1 Å². The van der Waals surface area contributed by atoms with Gasteiger partial charge in [-0.2, -0.15) is 5.26 Å². The molecule has 0 saturated heterocycles. The van der Waals surface area contributed by atoms with Crippen LogP contribution in [0.3, 0.4) is 0 Å². The van der Waals surface area contributed by atoms with Crippen LogP contribution < -0.4 is 44.8 Å². The van der Waals surface area contributed by atoms with Gasteiger partial charge in [0.25, 0.3) is 0 Å². The molecule has 1 amide bonds. The van der Waals surface area contributed by atoms with Crippen LogP contribution in [0, 0.1) is 10.7 Å². The molecule has 0 radical (unpaired) electrons. The Morgan fingerprint density at radius 1 is 0.618 bits per heavy atom. The number of benzene rings is 4. The van der Waals surface area contributed by atoms with Crippen molar-refractivity contribution in [3.63, 3.8) is 0 Å². The summed E-state index contributed by atoms with van der Waals surface area (Å²) in [4.78, 5) is 40.3. The van der Waals surface area contributed by atoms with E-state index in [0.29, 0.717) is 81.3 Å². The molecule has 0 bridgehead atoms. The summed E-state index contributed by atoms with van der Waals surface area (Å²) in [5.41, 5.74) is 10.1. The highest BCUT2D eigenvalue weighted by Crippen LogP contribution is 2.38. The van der Waals surface area contributed by atoms with Crippen molar-refractivity contribution < 1.29 is 38.0 Å². The van der Waals surface area contributed by atoms with E-state index >= 15 is 0 Å². The van der Waals surface area contributed by atoms with Crippen LogP contribution in [-0.2, 0) is 22.4 Å². The highest BCUT2D eigenvalue weighted by molar-refractivity contribution is 8.17. The number of methoxy groups -OCH3 is 4. The monoisotopic (exact) mass is 948 g/mol. The van der Waals surface area contributed by atoms with Gasteiger partial charge in [0.1, 0.15) is 16.9 Å². The number of amides is 1. The molecular weight excluding hydrogens is 905 g/mol. The van der Waals surface area contributed by atoms with Gasteiger partial charge in [0.05, 0.1) is 69.7 Å². The number of thiocyanates is 1. The van der Waals surface area contributed by atoms with E-state index in [-0.39, 0.29) is 22.6 Å². The summed E-state index contributed by atoms with van der Waals surface area (Å²) >= 11 is 5.92. The van der Waals surface area contributed by atoms with E-state index in [0.717, 1.165) is 27.4 Å². The van der Waals surface area contributed by atoms with Gasteiger partial charge >= 0.3 is 0 Å².